The topological polar surface area (TPSA) is 60.7 Å². The molecule has 0 aliphatic rings. The first-order valence-electron chi connectivity index (χ1n) is 7.13. The molecule has 0 unspecified atom stereocenters. The second-order valence-corrected chi connectivity index (χ2v) is 5.94. The molecule has 2 aromatic carbocycles. The lowest BCUT2D eigenvalue weighted by molar-refractivity contribution is 0.594. The van der Waals surface area contributed by atoms with E-state index in [1.54, 1.807) is 23.5 Å². The van der Waals surface area contributed by atoms with Crippen molar-refractivity contribution >= 4 is 22.2 Å². The van der Waals surface area contributed by atoms with Gasteiger partial charge in [0.15, 0.2) is 0 Å². The Morgan fingerprint density at radius 1 is 1.00 bits per heavy atom. The summed E-state index contributed by atoms with van der Waals surface area (Å²) in [6, 6.07) is 17.2. The molecule has 0 saturated carbocycles. The van der Waals surface area contributed by atoms with E-state index in [1.807, 2.05) is 47.8 Å². The molecule has 0 bridgehead atoms. The monoisotopic (exact) mass is 320 g/mol. The largest absolute Gasteiger partial charge is 0.277 e. The summed E-state index contributed by atoms with van der Waals surface area (Å²) in [5, 5.41) is 11.5. The van der Waals surface area contributed by atoms with Crippen molar-refractivity contribution in [3.05, 3.63) is 76.0 Å². The van der Waals surface area contributed by atoms with Crippen molar-refractivity contribution in [1.82, 2.24) is 20.0 Å². The van der Waals surface area contributed by atoms with Gasteiger partial charge in [-0.1, -0.05) is 47.7 Å². The van der Waals surface area contributed by atoms with Crippen molar-refractivity contribution in [2.45, 2.75) is 6.54 Å². The molecular weight excluding hydrogens is 308 g/mol. The first-order chi connectivity index (χ1) is 11.3. The predicted octanol–water partition coefficient (Wildman–Crippen LogP) is 2.96. The number of thiazole rings is 1. The number of nitrogens with zero attached hydrogens (tertiary/aromatic N) is 4. The summed E-state index contributed by atoms with van der Waals surface area (Å²) in [4.78, 5) is 17.0. The van der Waals surface area contributed by atoms with Gasteiger partial charge in [-0.25, -0.2) is 9.67 Å². The summed E-state index contributed by atoms with van der Waals surface area (Å²) >= 11 is 1.56. The minimum Gasteiger partial charge on any atom is -0.267 e. The van der Waals surface area contributed by atoms with Crippen LogP contribution in [0.3, 0.4) is 0 Å². The fraction of sp³-hybridized carbons (Fsp3) is 0.0588. The summed E-state index contributed by atoms with van der Waals surface area (Å²) in [5.41, 5.74) is 2.34. The van der Waals surface area contributed by atoms with E-state index in [4.69, 9.17) is 0 Å². The number of hydrogen-bond donors (Lipinski definition) is 0. The van der Waals surface area contributed by atoms with Gasteiger partial charge in [0.25, 0.3) is 5.56 Å². The van der Waals surface area contributed by atoms with Crippen LogP contribution in [0.5, 0.6) is 0 Å². The molecule has 2 aromatic heterocycles. The highest BCUT2D eigenvalue weighted by atomic mass is 32.1. The van der Waals surface area contributed by atoms with Crippen molar-refractivity contribution < 1.29 is 0 Å². The maximum absolute atomic E-state index is 12.4. The molecule has 0 atom stereocenters. The van der Waals surface area contributed by atoms with Gasteiger partial charge in [0.05, 0.1) is 17.6 Å². The van der Waals surface area contributed by atoms with E-state index >= 15 is 0 Å². The number of hydrogen-bond acceptors (Lipinski definition) is 5. The van der Waals surface area contributed by atoms with Crippen molar-refractivity contribution in [3.8, 4) is 10.6 Å². The minimum atomic E-state index is -0.148. The number of rotatable bonds is 3. The molecule has 2 heterocycles. The number of fused-ring (bicyclic) bond motifs is 1. The molecule has 0 saturated heterocycles. The van der Waals surface area contributed by atoms with Crippen LogP contribution in [0.15, 0.2) is 64.8 Å². The standard InChI is InChI=1S/C17H12N4OS/c22-17-14-8-4-5-9-15(14)19-20-21(17)10-13-11-23-16(18-13)12-6-2-1-3-7-12/h1-9,11H,10H2. The molecule has 4 rings (SSSR count). The molecule has 0 aliphatic heterocycles. The van der Waals surface area contributed by atoms with Crippen LogP contribution in [0, 0.1) is 0 Å². The third-order valence-corrected chi connectivity index (χ3v) is 4.45. The molecule has 112 valence electrons. The zero-order chi connectivity index (χ0) is 15.6. The van der Waals surface area contributed by atoms with Gasteiger partial charge < -0.3 is 0 Å². The van der Waals surface area contributed by atoms with E-state index in [0.29, 0.717) is 17.4 Å². The van der Waals surface area contributed by atoms with Crippen LogP contribution in [-0.4, -0.2) is 20.0 Å². The summed E-state index contributed by atoms with van der Waals surface area (Å²) in [6.07, 6.45) is 0. The van der Waals surface area contributed by atoms with Crippen LogP contribution >= 0.6 is 11.3 Å². The molecular formula is C17H12N4OS. The Hall–Kier alpha value is -2.86. The van der Waals surface area contributed by atoms with Gasteiger partial charge in [0.2, 0.25) is 0 Å². The van der Waals surface area contributed by atoms with Gasteiger partial charge in [0, 0.05) is 10.9 Å². The van der Waals surface area contributed by atoms with Gasteiger partial charge in [-0.05, 0) is 12.1 Å². The van der Waals surface area contributed by atoms with Crippen molar-refractivity contribution in [2.24, 2.45) is 0 Å². The average Bonchev–Trinajstić information content (AvgIpc) is 3.07. The van der Waals surface area contributed by atoms with E-state index in [-0.39, 0.29) is 5.56 Å². The molecule has 0 radical (unpaired) electrons. The third kappa shape index (κ3) is 2.64. The Kier molecular flexibility index (Phi) is 3.44. The lowest BCUT2D eigenvalue weighted by Crippen LogP contribution is -2.24. The van der Waals surface area contributed by atoms with Crippen LogP contribution in [0.4, 0.5) is 0 Å². The summed E-state index contributed by atoms with van der Waals surface area (Å²) in [5.74, 6) is 0. The number of benzene rings is 2. The zero-order valence-corrected chi connectivity index (χ0v) is 12.9. The molecule has 0 spiro atoms. The van der Waals surface area contributed by atoms with Gasteiger partial charge in [0.1, 0.15) is 10.5 Å². The lowest BCUT2D eigenvalue weighted by Gasteiger charge is -2.02. The smallest absolute Gasteiger partial charge is 0.267 e. The summed E-state index contributed by atoms with van der Waals surface area (Å²) in [7, 11) is 0. The highest BCUT2D eigenvalue weighted by Gasteiger charge is 2.09. The summed E-state index contributed by atoms with van der Waals surface area (Å²) in [6.45, 7) is 0.319. The first-order valence-corrected chi connectivity index (χ1v) is 8.01. The zero-order valence-electron chi connectivity index (χ0n) is 12.1. The molecule has 4 aromatic rings. The molecule has 23 heavy (non-hydrogen) atoms. The van der Waals surface area contributed by atoms with Gasteiger partial charge in [-0.15, -0.1) is 16.4 Å². The lowest BCUT2D eigenvalue weighted by atomic mass is 10.2. The summed E-state index contributed by atoms with van der Waals surface area (Å²) < 4.78 is 1.35. The fourth-order valence-corrected chi connectivity index (χ4v) is 3.19. The Balaban J connectivity index is 1.68. The van der Waals surface area contributed by atoms with Crippen molar-refractivity contribution in [3.63, 3.8) is 0 Å². The Bertz CT molecular complexity index is 1020. The fourth-order valence-electron chi connectivity index (χ4n) is 2.37. The Morgan fingerprint density at radius 3 is 2.65 bits per heavy atom. The maximum atomic E-state index is 12.4. The van der Waals surface area contributed by atoms with Crippen LogP contribution in [0.2, 0.25) is 0 Å². The van der Waals surface area contributed by atoms with Gasteiger partial charge in [-0.2, -0.15) is 0 Å². The quantitative estimate of drug-likeness (QED) is 0.582. The molecule has 0 N–H and O–H groups in total. The normalized spacial score (nSPS) is 11.0. The van der Waals surface area contributed by atoms with Crippen molar-refractivity contribution in [2.75, 3.05) is 0 Å². The minimum absolute atomic E-state index is 0.148. The van der Waals surface area contributed by atoms with Crippen LogP contribution in [0.25, 0.3) is 21.5 Å². The number of aromatic nitrogens is 4. The third-order valence-electron chi connectivity index (χ3n) is 3.51. The molecule has 0 fully saturated rings. The van der Waals surface area contributed by atoms with Crippen LogP contribution in [0.1, 0.15) is 5.69 Å². The van der Waals surface area contributed by atoms with E-state index in [1.165, 1.54) is 4.68 Å². The predicted molar refractivity (Wildman–Crippen MR) is 90.5 cm³/mol. The SMILES string of the molecule is O=c1c2ccccc2nnn1Cc1csc(-c2ccccc2)n1. The van der Waals surface area contributed by atoms with Crippen LogP contribution in [-0.2, 0) is 6.54 Å². The van der Waals surface area contributed by atoms with E-state index in [9.17, 15) is 4.79 Å². The second-order valence-electron chi connectivity index (χ2n) is 5.08. The van der Waals surface area contributed by atoms with Crippen LogP contribution < -0.4 is 5.56 Å². The molecule has 5 nitrogen and oxygen atoms in total. The van der Waals surface area contributed by atoms with E-state index in [0.717, 1.165) is 16.3 Å². The Morgan fingerprint density at radius 2 is 1.78 bits per heavy atom. The average molecular weight is 320 g/mol. The van der Waals surface area contributed by atoms with Gasteiger partial charge in [-0.3, -0.25) is 4.79 Å². The Labute approximate surface area is 135 Å². The van der Waals surface area contributed by atoms with Crippen molar-refractivity contribution in [1.29, 1.82) is 0 Å². The second kappa shape index (κ2) is 5.73. The first kappa shape index (κ1) is 13.8. The van der Waals surface area contributed by atoms with Gasteiger partial charge >= 0.3 is 0 Å². The molecule has 0 aliphatic carbocycles. The molecule has 0 amide bonds. The van der Waals surface area contributed by atoms with E-state index < -0.39 is 0 Å². The molecule has 6 heteroatoms. The highest BCUT2D eigenvalue weighted by Crippen LogP contribution is 2.23. The maximum Gasteiger partial charge on any atom is 0.277 e. The van der Waals surface area contributed by atoms with E-state index in [2.05, 4.69) is 15.3 Å². The highest BCUT2D eigenvalue weighted by molar-refractivity contribution is 7.13.